The summed E-state index contributed by atoms with van der Waals surface area (Å²) >= 11 is 10.5. The van der Waals surface area contributed by atoms with Crippen molar-refractivity contribution in [3.63, 3.8) is 0 Å². The van der Waals surface area contributed by atoms with Crippen LogP contribution in [0.1, 0.15) is 18.4 Å². The summed E-state index contributed by atoms with van der Waals surface area (Å²) in [5.41, 5.74) is 1.87. The van der Waals surface area contributed by atoms with Crippen molar-refractivity contribution in [3.8, 4) is 6.07 Å². The Morgan fingerprint density at radius 1 is 1.23 bits per heavy atom. The van der Waals surface area contributed by atoms with Gasteiger partial charge in [-0.25, -0.2) is 14.8 Å². The Labute approximate surface area is 184 Å². The fraction of sp³-hybridized carbons (Fsp3) is 0.238. The van der Waals surface area contributed by atoms with Gasteiger partial charge in [0.25, 0.3) is 0 Å². The molecule has 2 heterocycles. The average Bonchev–Trinajstić information content (AvgIpc) is 2.78. The summed E-state index contributed by atoms with van der Waals surface area (Å²) < 4.78 is 1.44. The standard InChI is InChI=1S/C21H19ClN6OS/c22-15-4-5-18-19(11-15)24-13-25-20(18)27-8-6-17(7-9-27)28(30)21(29)26-16-3-1-2-14(10-16)12-23/h1-5,10-11,13,17,30H,6-9H2,(H,26,29). The van der Waals surface area contributed by atoms with Gasteiger partial charge in [0, 0.05) is 35.2 Å². The van der Waals surface area contributed by atoms with Crippen LogP contribution in [0.5, 0.6) is 0 Å². The highest BCUT2D eigenvalue weighted by Crippen LogP contribution is 2.29. The van der Waals surface area contributed by atoms with Crippen molar-refractivity contribution >= 4 is 52.9 Å². The second-order valence-electron chi connectivity index (χ2n) is 7.04. The van der Waals surface area contributed by atoms with Crippen LogP contribution in [0.25, 0.3) is 10.9 Å². The molecule has 2 amide bonds. The lowest BCUT2D eigenvalue weighted by Crippen LogP contribution is -2.45. The molecule has 30 heavy (non-hydrogen) atoms. The number of anilines is 2. The van der Waals surface area contributed by atoms with Gasteiger partial charge in [0.15, 0.2) is 0 Å². The molecular weight excluding hydrogens is 420 g/mol. The van der Waals surface area contributed by atoms with Gasteiger partial charge in [0.2, 0.25) is 0 Å². The third-order valence-corrected chi connectivity index (χ3v) is 5.88. The minimum absolute atomic E-state index is 0.00808. The first-order valence-corrected chi connectivity index (χ1v) is 10.3. The number of aromatic nitrogens is 2. The number of fused-ring (bicyclic) bond motifs is 1. The van der Waals surface area contributed by atoms with Crippen molar-refractivity contribution in [2.45, 2.75) is 18.9 Å². The number of hydrogen-bond acceptors (Lipinski definition) is 6. The van der Waals surface area contributed by atoms with Gasteiger partial charge in [-0.1, -0.05) is 30.5 Å². The predicted octanol–water partition coefficient (Wildman–Crippen LogP) is 4.50. The fourth-order valence-corrected chi connectivity index (χ4v) is 4.05. The van der Waals surface area contributed by atoms with E-state index in [4.69, 9.17) is 16.9 Å². The van der Waals surface area contributed by atoms with Gasteiger partial charge in [-0.2, -0.15) is 5.26 Å². The predicted molar refractivity (Wildman–Crippen MR) is 121 cm³/mol. The van der Waals surface area contributed by atoms with E-state index >= 15 is 0 Å². The number of carbonyl (C=O) groups excluding carboxylic acids is 1. The number of nitrogens with zero attached hydrogens (tertiary/aromatic N) is 5. The Morgan fingerprint density at radius 3 is 2.80 bits per heavy atom. The molecule has 1 fully saturated rings. The van der Waals surface area contributed by atoms with E-state index in [1.54, 1.807) is 30.6 Å². The van der Waals surface area contributed by atoms with Crippen LogP contribution < -0.4 is 10.2 Å². The summed E-state index contributed by atoms with van der Waals surface area (Å²) in [6.45, 7) is 1.49. The van der Waals surface area contributed by atoms with Crippen molar-refractivity contribution in [3.05, 3.63) is 59.4 Å². The van der Waals surface area contributed by atoms with Crippen molar-refractivity contribution in [2.24, 2.45) is 0 Å². The zero-order valence-electron chi connectivity index (χ0n) is 16.0. The van der Waals surface area contributed by atoms with E-state index in [0.29, 0.717) is 16.3 Å². The van der Waals surface area contributed by atoms with Crippen molar-refractivity contribution in [1.29, 1.82) is 5.26 Å². The molecule has 0 radical (unpaired) electrons. The maximum Gasteiger partial charge on any atom is 0.331 e. The van der Waals surface area contributed by atoms with Crippen LogP contribution in [0.15, 0.2) is 48.8 Å². The number of halogens is 1. The molecule has 0 bridgehead atoms. The van der Waals surface area contributed by atoms with Crippen molar-refractivity contribution in [2.75, 3.05) is 23.3 Å². The third kappa shape index (κ3) is 4.27. The summed E-state index contributed by atoms with van der Waals surface area (Å²) in [6.07, 6.45) is 3.07. The lowest BCUT2D eigenvalue weighted by atomic mass is 10.0. The van der Waals surface area contributed by atoms with E-state index in [1.165, 1.54) is 4.31 Å². The summed E-state index contributed by atoms with van der Waals surface area (Å²) in [4.78, 5) is 23.5. The highest BCUT2D eigenvalue weighted by atomic mass is 35.5. The molecule has 152 valence electrons. The van der Waals surface area contributed by atoms with Crippen LogP contribution in [0, 0.1) is 11.3 Å². The molecule has 3 aromatic rings. The topological polar surface area (TPSA) is 85.2 Å². The zero-order chi connectivity index (χ0) is 21.1. The summed E-state index contributed by atoms with van der Waals surface area (Å²) in [5, 5.41) is 13.4. The van der Waals surface area contributed by atoms with Crippen molar-refractivity contribution < 1.29 is 4.79 Å². The monoisotopic (exact) mass is 438 g/mol. The fourth-order valence-electron chi connectivity index (χ4n) is 3.60. The van der Waals surface area contributed by atoms with Crippen LogP contribution in [-0.2, 0) is 0 Å². The molecule has 1 N–H and O–H groups in total. The Balaban J connectivity index is 1.40. The molecule has 0 aliphatic carbocycles. The van der Waals surface area contributed by atoms with E-state index in [1.807, 2.05) is 18.2 Å². The van der Waals surface area contributed by atoms with Gasteiger partial charge in [-0.15, -0.1) is 0 Å². The Kier molecular flexibility index (Phi) is 5.93. The molecule has 0 saturated carbocycles. The summed E-state index contributed by atoms with van der Waals surface area (Å²) in [5.74, 6) is 0.874. The van der Waals surface area contributed by atoms with Crippen LogP contribution in [0.2, 0.25) is 5.02 Å². The molecule has 4 rings (SSSR count). The Hall–Kier alpha value is -3.02. The third-order valence-electron chi connectivity index (χ3n) is 5.14. The lowest BCUT2D eigenvalue weighted by Gasteiger charge is -2.36. The number of piperidine rings is 1. The lowest BCUT2D eigenvalue weighted by molar-refractivity contribution is 0.223. The second-order valence-corrected chi connectivity index (χ2v) is 7.91. The molecule has 1 aromatic heterocycles. The molecule has 9 heteroatoms. The molecule has 0 spiro atoms. The quantitative estimate of drug-likeness (QED) is 0.588. The van der Waals surface area contributed by atoms with Crippen LogP contribution in [0.4, 0.5) is 16.3 Å². The van der Waals surface area contributed by atoms with Gasteiger partial charge in [0.1, 0.15) is 12.1 Å². The van der Waals surface area contributed by atoms with Crippen LogP contribution >= 0.6 is 24.4 Å². The molecule has 0 unspecified atom stereocenters. The number of hydrogen-bond donors (Lipinski definition) is 2. The number of benzene rings is 2. The highest BCUT2D eigenvalue weighted by molar-refractivity contribution is 7.78. The largest absolute Gasteiger partial charge is 0.356 e. The molecule has 0 atom stereocenters. The SMILES string of the molecule is N#Cc1cccc(NC(=O)N(S)C2CCN(c3ncnc4cc(Cl)ccc34)CC2)c1. The number of nitrogens with one attached hydrogen (secondary N) is 1. The Bertz CT molecular complexity index is 1130. The number of rotatable bonds is 3. The minimum atomic E-state index is -0.311. The maximum absolute atomic E-state index is 12.6. The molecule has 2 aromatic carbocycles. The number of carbonyl (C=O) groups is 1. The van der Waals surface area contributed by atoms with Gasteiger partial charge >= 0.3 is 6.03 Å². The van der Waals surface area contributed by atoms with Gasteiger partial charge < -0.3 is 10.2 Å². The van der Waals surface area contributed by atoms with Crippen LogP contribution in [0.3, 0.4) is 0 Å². The number of urea groups is 1. The number of thiol groups is 1. The molecule has 1 aliphatic rings. The van der Waals surface area contributed by atoms with Crippen molar-refractivity contribution in [1.82, 2.24) is 14.3 Å². The highest BCUT2D eigenvalue weighted by Gasteiger charge is 2.27. The molecular formula is C21H19ClN6OS. The first kappa shape index (κ1) is 20.3. The first-order valence-electron chi connectivity index (χ1n) is 9.49. The van der Waals surface area contributed by atoms with E-state index in [0.717, 1.165) is 42.7 Å². The summed E-state index contributed by atoms with van der Waals surface area (Å²) in [7, 11) is 0. The Morgan fingerprint density at radius 2 is 2.03 bits per heavy atom. The average molecular weight is 439 g/mol. The summed E-state index contributed by atoms with van der Waals surface area (Å²) in [6, 6.07) is 14.1. The van der Waals surface area contributed by atoms with E-state index < -0.39 is 0 Å². The smallest absolute Gasteiger partial charge is 0.331 e. The zero-order valence-corrected chi connectivity index (χ0v) is 17.6. The van der Waals surface area contributed by atoms with Crippen LogP contribution in [-0.4, -0.2) is 39.4 Å². The maximum atomic E-state index is 12.6. The van der Waals surface area contributed by atoms with Gasteiger partial charge in [-0.3, -0.25) is 4.31 Å². The van der Waals surface area contributed by atoms with E-state index in [2.05, 4.69) is 39.1 Å². The first-order chi connectivity index (χ1) is 14.5. The van der Waals surface area contributed by atoms with E-state index in [9.17, 15) is 4.79 Å². The van der Waals surface area contributed by atoms with Gasteiger partial charge in [-0.05, 0) is 49.2 Å². The number of nitriles is 1. The van der Waals surface area contributed by atoms with Gasteiger partial charge in [0.05, 0.1) is 17.1 Å². The number of amides is 2. The molecule has 1 saturated heterocycles. The van der Waals surface area contributed by atoms with E-state index in [-0.39, 0.29) is 12.1 Å². The normalized spacial score (nSPS) is 14.4. The second kappa shape index (κ2) is 8.78. The molecule has 1 aliphatic heterocycles. The minimum Gasteiger partial charge on any atom is -0.356 e. The molecule has 7 nitrogen and oxygen atoms in total.